The molecule has 12 nitrogen and oxygen atoms in total. The highest BCUT2D eigenvalue weighted by Crippen LogP contribution is 2.37. The van der Waals surface area contributed by atoms with Crippen LogP contribution in [-0.4, -0.2) is 59.8 Å². The molecule has 0 spiro atoms. The molecule has 1 aliphatic rings. The number of nitrogens with zero attached hydrogens (tertiary/aromatic N) is 3. The molecule has 0 radical (unpaired) electrons. The largest absolute Gasteiger partial charge is 0.469 e. The van der Waals surface area contributed by atoms with E-state index in [9.17, 15) is 14.5 Å². The average Bonchev–Trinajstić information content (AvgIpc) is 2.89. The Morgan fingerprint density at radius 3 is 2.96 bits per heavy atom. The van der Waals surface area contributed by atoms with E-state index in [1.807, 2.05) is 0 Å². The predicted octanol–water partition coefficient (Wildman–Crippen LogP) is -1.50. The van der Waals surface area contributed by atoms with Crippen LogP contribution in [0.5, 0.6) is 0 Å². The fourth-order valence-electron chi connectivity index (χ4n) is 2.58. The Hall–Kier alpha value is -1.82. The highest BCUT2D eigenvalue weighted by molar-refractivity contribution is 7.46. The topological polar surface area (TPSA) is 186 Å². The highest BCUT2D eigenvalue weighted by atomic mass is 31.2. The van der Waals surface area contributed by atoms with Crippen molar-refractivity contribution < 1.29 is 28.7 Å². The molecule has 2 aromatic rings. The van der Waals surface area contributed by atoms with Gasteiger partial charge in [-0.25, -0.2) is 9.55 Å². The Kier molecular flexibility index (Phi) is 4.42. The number of rotatable bonds is 4. The minimum atomic E-state index is -4.63. The number of nitrogens with one attached hydrogen (secondary N) is 1. The monoisotopic (exact) mass is 361 g/mol. The van der Waals surface area contributed by atoms with Crippen LogP contribution < -0.4 is 11.3 Å². The molecule has 0 aliphatic carbocycles. The maximum atomic E-state index is 11.8. The number of aromatic amines is 1. The normalized spacial score (nSPS) is 25.2. The SMILES string of the molecule is Nc1nc2c(ncn2[C@@H]2CO[C@H](COP(=O)(O)O)[C@@H](O)C2)c(=O)[nH]1. The lowest BCUT2D eigenvalue weighted by Crippen LogP contribution is -2.42. The van der Waals surface area contributed by atoms with E-state index in [1.165, 1.54) is 6.33 Å². The zero-order chi connectivity index (χ0) is 17.5. The van der Waals surface area contributed by atoms with Gasteiger partial charge in [-0.15, -0.1) is 0 Å². The third-order valence-corrected chi connectivity index (χ3v) is 4.18. The van der Waals surface area contributed by atoms with E-state index in [0.29, 0.717) is 0 Å². The molecule has 1 aliphatic heterocycles. The van der Waals surface area contributed by atoms with Crippen molar-refractivity contribution in [2.45, 2.75) is 24.7 Å². The molecule has 0 unspecified atom stereocenters. The van der Waals surface area contributed by atoms with Gasteiger partial charge in [0, 0.05) is 0 Å². The van der Waals surface area contributed by atoms with E-state index in [0.717, 1.165) is 0 Å². The molecule has 0 amide bonds. The van der Waals surface area contributed by atoms with Crippen molar-refractivity contribution in [2.24, 2.45) is 0 Å². The number of imidazole rings is 1. The first-order valence-electron chi connectivity index (χ1n) is 6.96. The van der Waals surface area contributed by atoms with Crippen LogP contribution in [0, 0.1) is 0 Å². The van der Waals surface area contributed by atoms with Gasteiger partial charge < -0.3 is 29.9 Å². The molecule has 3 rings (SSSR count). The molecule has 1 saturated heterocycles. The number of nitrogen functional groups attached to an aromatic ring is 1. The summed E-state index contributed by atoms with van der Waals surface area (Å²) < 4.78 is 22.1. The van der Waals surface area contributed by atoms with Crippen molar-refractivity contribution in [3.8, 4) is 0 Å². The lowest BCUT2D eigenvalue weighted by molar-refractivity contribution is -0.110. The van der Waals surface area contributed by atoms with Crippen LogP contribution in [0.25, 0.3) is 11.2 Å². The number of H-pyrrole nitrogens is 1. The zero-order valence-electron chi connectivity index (χ0n) is 12.3. The molecule has 1 fully saturated rings. The molecule has 0 aromatic carbocycles. The van der Waals surface area contributed by atoms with Crippen molar-refractivity contribution in [3.05, 3.63) is 16.7 Å². The number of hydrogen-bond acceptors (Lipinski definition) is 8. The van der Waals surface area contributed by atoms with Gasteiger partial charge in [0.15, 0.2) is 11.2 Å². The van der Waals surface area contributed by atoms with Crippen LogP contribution in [-0.2, 0) is 13.8 Å². The molecule has 0 saturated carbocycles. The van der Waals surface area contributed by atoms with Crippen LogP contribution in [0.2, 0.25) is 0 Å². The molecule has 6 N–H and O–H groups in total. The molecule has 24 heavy (non-hydrogen) atoms. The number of phosphoric acid groups is 1. The predicted molar refractivity (Wildman–Crippen MR) is 80.0 cm³/mol. The van der Waals surface area contributed by atoms with Crippen LogP contribution in [0.1, 0.15) is 12.5 Å². The summed E-state index contributed by atoms with van der Waals surface area (Å²) in [5.74, 6) is -0.0561. The fourth-order valence-corrected chi connectivity index (χ4v) is 2.92. The van der Waals surface area contributed by atoms with Gasteiger partial charge in [0.05, 0.1) is 31.7 Å². The quantitative estimate of drug-likeness (QED) is 0.401. The van der Waals surface area contributed by atoms with Crippen molar-refractivity contribution in [3.63, 3.8) is 0 Å². The number of aromatic nitrogens is 4. The Bertz CT molecular complexity index is 845. The number of anilines is 1. The summed E-state index contributed by atoms with van der Waals surface area (Å²) in [4.78, 5) is 39.5. The summed E-state index contributed by atoms with van der Waals surface area (Å²) in [7, 11) is -4.63. The van der Waals surface area contributed by atoms with Crippen LogP contribution in [0.15, 0.2) is 11.1 Å². The van der Waals surface area contributed by atoms with Crippen molar-refractivity contribution >= 4 is 24.9 Å². The molecule has 3 heterocycles. The summed E-state index contributed by atoms with van der Waals surface area (Å²) in [6.07, 6.45) is -0.286. The van der Waals surface area contributed by atoms with Crippen molar-refractivity contribution in [2.75, 3.05) is 18.9 Å². The smallest absolute Gasteiger partial charge is 0.390 e. The van der Waals surface area contributed by atoms with Gasteiger partial charge in [0.2, 0.25) is 5.95 Å². The number of nitrogens with two attached hydrogens (primary N) is 1. The Morgan fingerprint density at radius 2 is 2.29 bits per heavy atom. The first-order chi connectivity index (χ1) is 11.2. The van der Waals surface area contributed by atoms with Crippen LogP contribution in [0.3, 0.4) is 0 Å². The van der Waals surface area contributed by atoms with E-state index in [-0.39, 0.29) is 36.2 Å². The van der Waals surface area contributed by atoms with Gasteiger partial charge in [-0.2, -0.15) is 4.98 Å². The minimum absolute atomic E-state index is 0.0561. The summed E-state index contributed by atoms with van der Waals surface area (Å²) >= 11 is 0. The van der Waals surface area contributed by atoms with E-state index >= 15 is 0 Å². The van der Waals surface area contributed by atoms with Gasteiger partial charge in [-0.3, -0.25) is 14.3 Å². The number of phosphoric ester groups is 1. The Balaban J connectivity index is 1.77. The molecule has 2 aromatic heterocycles. The number of aliphatic hydroxyl groups is 1. The molecule has 3 atom stereocenters. The summed E-state index contributed by atoms with van der Waals surface area (Å²) in [5.41, 5.74) is 5.44. The maximum absolute atomic E-state index is 11.8. The zero-order valence-corrected chi connectivity index (χ0v) is 13.2. The molecule has 0 bridgehead atoms. The van der Waals surface area contributed by atoms with Crippen LogP contribution >= 0.6 is 7.82 Å². The second-order valence-corrected chi connectivity index (χ2v) is 6.63. The number of ether oxygens (including phenoxy) is 1. The average molecular weight is 361 g/mol. The van der Waals surface area contributed by atoms with Gasteiger partial charge in [0.25, 0.3) is 5.56 Å². The first kappa shape index (κ1) is 17.0. The second-order valence-electron chi connectivity index (χ2n) is 5.39. The number of fused-ring (bicyclic) bond motifs is 1. The van der Waals surface area contributed by atoms with Crippen LogP contribution in [0.4, 0.5) is 5.95 Å². The molecule has 13 heteroatoms. The lowest BCUT2D eigenvalue weighted by atomic mass is 10.0. The fraction of sp³-hybridized carbons (Fsp3) is 0.545. The molecular weight excluding hydrogens is 345 g/mol. The summed E-state index contributed by atoms with van der Waals surface area (Å²) in [6, 6.07) is -0.370. The molecular formula is C11H16N5O7P. The third-order valence-electron chi connectivity index (χ3n) is 3.70. The third kappa shape index (κ3) is 3.48. The standard InChI is InChI=1S/C11H16N5O7P/c12-11-14-9-8(10(18)15-11)13-4-16(9)5-1-6(17)7(22-2-5)3-23-24(19,20)21/h4-7,17H,1-3H2,(H2,19,20,21)(H3,12,14,15,18)/t5-,6-,7+/m0/s1. The van der Waals surface area contributed by atoms with E-state index in [4.69, 9.17) is 20.3 Å². The number of hydrogen-bond donors (Lipinski definition) is 5. The van der Waals surface area contributed by atoms with E-state index in [1.54, 1.807) is 4.57 Å². The van der Waals surface area contributed by atoms with Gasteiger partial charge in [0.1, 0.15) is 6.10 Å². The lowest BCUT2D eigenvalue weighted by Gasteiger charge is -2.33. The van der Waals surface area contributed by atoms with Crippen molar-refractivity contribution in [1.29, 1.82) is 0 Å². The summed E-state index contributed by atoms with van der Waals surface area (Å²) in [5, 5.41) is 10.1. The van der Waals surface area contributed by atoms with E-state index in [2.05, 4.69) is 19.5 Å². The Morgan fingerprint density at radius 1 is 1.54 bits per heavy atom. The molecule has 132 valence electrons. The highest BCUT2D eigenvalue weighted by Gasteiger charge is 2.33. The van der Waals surface area contributed by atoms with E-state index < -0.39 is 32.2 Å². The number of aliphatic hydroxyl groups excluding tert-OH is 1. The maximum Gasteiger partial charge on any atom is 0.469 e. The van der Waals surface area contributed by atoms with Crippen molar-refractivity contribution in [1.82, 2.24) is 19.5 Å². The first-order valence-corrected chi connectivity index (χ1v) is 8.49. The summed E-state index contributed by atoms with van der Waals surface area (Å²) in [6.45, 7) is -0.320. The van der Waals surface area contributed by atoms with Gasteiger partial charge in [-0.05, 0) is 6.42 Å². The van der Waals surface area contributed by atoms with Gasteiger partial charge in [-0.1, -0.05) is 0 Å². The van der Waals surface area contributed by atoms with Gasteiger partial charge >= 0.3 is 7.82 Å². The Labute approximate surface area is 134 Å². The minimum Gasteiger partial charge on any atom is -0.390 e. The second kappa shape index (κ2) is 6.24.